The van der Waals surface area contributed by atoms with Crippen molar-refractivity contribution in [2.75, 3.05) is 46.4 Å². The van der Waals surface area contributed by atoms with Gasteiger partial charge in [-0.1, -0.05) is 36.4 Å². The molecule has 2 aromatic rings. The first-order valence-corrected chi connectivity index (χ1v) is 14.3. The monoisotopic (exact) mass is 530 g/mol. The zero-order valence-electron chi connectivity index (χ0n) is 21.8. The highest BCUT2D eigenvalue weighted by molar-refractivity contribution is 7.89. The molecular weight excluding hydrogens is 492 g/mol. The zero-order chi connectivity index (χ0) is 26.6. The van der Waals surface area contributed by atoms with Crippen LogP contribution in [0.4, 0.5) is 4.79 Å². The van der Waals surface area contributed by atoms with Crippen molar-refractivity contribution < 1.29 is 23.1 Å². The minimum atomic E-state index is -3.91. The zero-order valence-corrected chi connectivity index (χ0v) is 22.6. The van der Waals surface area contributed by atoms with Gasteiger partial charge in [-0.2, -0.15) is 0 Å². The summed E-state index contributed by atoms with van der Waals surface area (Å²) in [6, 6.07) is 14.8. The fraction of sp³-hybridized carbons (Fsp3) is 0.519. The van der Waals surface area contributed by atoms with Gasteiger partial charge in [0.2, 0.25) is 10.0 Å². The number of benzene rings is 2. The SMILES string of the molecule is CC(C)NC(=O)N1CCC2(CC1)COc1cc(-c3ccccc3)ccc1S(=O)(=O)NCC(O)CN(C)C2. The molecule has 1 unspecified atom stereocenters. The van der Waals surface area contributed by atoms with E-state index >= 15 is 0 Å². The lowest BCUT2D eigenvalue weighted by Crippen LogP contribution is -2.53. The number of rotatable bonds is 2. The average Bonchev–Trinajstić information content (AvgIpc) is 2.86. The quantitative estimate of drug-likeness (QED) is 0.550. The number of hydrogen-bond acceptors (Lipinski definition) is 6. The number of ether oxygens (including phenoxy) is 1. The maximum Gasteiger partial charge on any atom is 0.317 e. The number of nitrogens with zero attached hydrogens (tertiary/aromatic N) is 2. The van der Waals surface area contributed by atoms with E-state index in [1.807, 2.05) is 61.0 Å². The van der Waals surface area contributed by atoms with Crippen molar-refractivity contribution in [3.8, 4) is 16.9 Å². The first kappa shape index (κ1) is 27.4. The summed E-state index contributed by atoms with van der Waals surface area (Å²) in [6.45, 7) is 6.22. The number of carbonyl (C=O) groups is 1. The van der Waals surface area contributed by atoms with Gasteiger partial charge in [0.15, 0.2) is 0 Å². The van der Waals surface area contributed by atoms with Gasteiger partial charge in [-0.3, -0.25) is 0 Å². The van der Waals surface area contributed by atoms with Crippen molar-refractivity contribution in [1.82, 2.24) is 19.8 Å². The number of urea groups is 1. The minimum Gasteiger partial charge on any atom is -0.492 e. The maximum atomic E-state index is 13.2. The molecule has 0 saturated carbocycles. The molecule has 2 amide bonds. The number of sulfonamides is 1. The van der Waals surface area contributed by atoms with E-state index in [2.05, 4.69) is 10.0 Å². The predicted octanol–water partition coefficient (Wildman–Crippen LogP) is 2.52. The number of likely N-dealkylation sites (N-methyl/N-ethyl adjacent to an activating group) is 1. The lowest BCUT2D eigenvalue weighted by molar-refractivity contribution is 0.0241. The lowest BCUT2D eigenvalue weighted by atomic mass is 9.78. The van der Waals surface area contributed by atoms with Crippen LogP contribution in [-0.4, -0.2) is 87.9 Å². The number of β-amino-alcohol motifs (C(OH)–C–C–N with tert-alkyl or cyclic N) is 1. The number of piperidine rings is 1. The van der Waals surface area contributed by atoms with Crippen LogP contribution < -0.4 is 14.8 Å². The van der Waals surface area contributed by atoms with E-state index in [0.29, 0.717) is 45.6 Å². The van der Waals surface area contributed by atoms with Crippen molar-refractivity contribution >= 4 is 16.1 Å². The van der Waals surface area contributed by atoms with Crippen molar-refractivity contribution in [2.24, 2.45) is 5.41 Å². The molecule has 10 heteroatoms. The predicted molar refractivity (Wildman–Crippen MR) is 143 cm³/mol. The molecule has 37 heavy (non-hydrogen) atoms. The van der Waals surface area contributed by atoms with E-state index in [9.17, 15) is 18.3 Å². The van der Waals surface area contributed by atoms with Gasteiger partial charge in [0, 0.05) is 44.2 Å². The molecule has 2 aromatic carbocycles. The van der Waals surface area contributed by atoms with Crippen molar-refractivity contribution in [1.29, 1.82) is 0 Å². The first-order valence-electron chi connectivity index (χ1n) is 12.8. The maximum absolute atomic E-state index is 13.2. The van der Waals surface area contributed by atoms with Gasteiger partial charge in [-0.15, -0.1) is 0 Å². The smallest absolute Gasteiger partial charge is 0.317 e. The van der Waals surface area contributed by atoms with E-state index in [-0.39, 0.29) is 34.7 Å². The third-order valence-electron chi connectivity index (χ3n) is 7.03. The molecule has 0 aliphatic carbocycles. The van der Waals surface area contributed by atoms with Crippen molar-refractivity contribution in [3.05, 3.63) is 48.5 Å². The lowest BCUT2D eigenvalue weighted by Gasteiger charge is -2.44. The number of amides is 2. The molecule has 4 rings (SSSR count). The second kappa shape index (κ2) is 11.4. The molecule has 1 atom stereocenters. The topological polar surface area (TPSA) is 111 Å². The Labute approximate surface area is 219 Å². The number of aliphatic hydroxyl groups is 1. The first-order chi connectivity index (χ1) is 17.6. The van der Waals surface area contributed by atoms with Crippen LogP contribution in [0.15, 0.2) is 53.4 Å². The Morgan fingerprint density at radius 3 is 2.51 bits per heavy atom. The number of carbonyl (C=O) groups excluding carboxylic acids is 1. The van der Waals surface area contributed by atoms with E-state index < -0.39 is 16.1 Å². The largest absolute Gasteiger partial charge is 0.492 e. The highest BCUT2D eigenvalue weighted by Gasteiger charge is 2.39. The number of hydrogen-bond donors (Lipinski definition) is 3. The molecule has 9 nitrogen and oxygen atoms in total. The molecule has 202 valence electrons. The summed E-state index contributed by atoms with van der Waals surface area (Å²) in [5.41, 5.74) is 1.51. The highest BCUT2D eigenvalue weighted by Crippen LogP contribution is 2.36. The Hall–Kier alpha value is -2.66. The molecule has 2 aliphatic heterocycles. The Bertz CT molecular complexity index is 1180. The van der Waals surface area contributed by atoms with Crippen LogP contribution in [0.2, 0.25) is 0 Å². The molecular formula is C27H38N4O5S. The van der Waals surface area contributed by atoms with Gasteiger partial charge in [0.1, 0.15) is 10.6 Å². The van der Waals surface area contributed by atoms with Gasteiger partial charge in [-0.05, 0) is 57.0 Å². The van der Waals surface area contributed by atoms with Crippen LogP contribution in [0.25, 0.3) is 11.1 Å². The van der Waals surface area contributed by atoms with Crippen molar-refractivity contribution in [3.63, 3.8) is 0 Å². The summed E-state index contributed by atoms with van der Waals surface area (Å²) >= 11 is 0. The summed E-state index contributed by atoms with van der Waals surface area (Å²) in [5.74, 6) is 0.283. The molecule has 2 heterocycles. The molecule has 1 fully saturated rings. The van der Waals surface area contributed by atoms with Crippen LogP contribution in [0, 0.1) is 5.41 Å². The molecule has 0 radical (unpaired) electrons. The highest BCUT2D eigenvalue weighted by atomic mass is 32.2. The normalized spacial score (nSPS) is 22.4. The fourth-order valence-electron chi connectivity index (χ4n) is 5.10. The third kappa shape index (κ3) is 6.81. The van der Waals surface area contributed by atoms with Crippen LogP contribution >= 0.6 is 0 Å². The van der Waals surface area contributed by atoms with Gasteiger partial charge in [0.05, 0.1) is 12.7 Å². The second-order valence-electron chi connectivity index (χ2n) is 10.6. The number of likely N-dealkylation sites (tertiary alicyclic amines) is 1. The van der Waals surface area contributed by atoms with E-state index in [1.165, 1.54) is 0 Å². The molecule has 1 spiro atoms. The molecule has 1 saturated heterocycles. The Morgan fingerprint density at radius 2 is 1.84 bits per heavy atom. The number of fused-ring (bicyclic) bond motifs is 1. The minimum absolute atomic E-state index is 0.0530. The van der Waals surface area contributed by atoms with E-state index in [0.717, 1.165) is 11.1 Å². The summed E-state index contributed by atoms with van der Waals surface area (Å²) in [5, 5.41) is 13.5. The molecule has 0 bridgehead atoms. The number of nitrogens with one attached hydrogen (secondary N) is 2. The van der Waals surface area contributed by atoms with Gasteiger partial charge < -0.3 is 25.0 Å². The third-order valence-corrected chi connectivity index (χ3v) is 8.50. The van der Waals surface area contributed by atoms with Crippen LogP contribution in [0.3, 0.4) is 0 Å². The summed E-state index contributed by atoms with van der Waals surface area (Å²) < 4.78 is 35.3. The molecule has 2 aliphatic rings. The summed E-state index contributed by atoms with van der Waals surface area (Å²) in [7, 11) is -1.99. The summed E-state index contributed by atoms with van der Waals surface area (Å²) in [4.78, 5) is 16.5. The van der Waals surface area contributed by atoms with Gasteiger partial charge in [-0.25, -0.2) is 17.9 Å². The summed E-state index contributed by atoms with van der Waals surface area (Å²) in [6.07, 6.45) is 0.552. The Balaban J connectivity index is 1.65. The van der Waals surface area contributed by atoms with E-state index in [1.54, 1.807) is 18.2 Å². The number of aliphatic hydroxyl groups excluding tert-OH is 1. The molecule has 0 aromatic heterocycles. The fourth-order valence-corrected chi connectivity index (χ4v) is 6.30. The molecule has 3 N–H and O–H groups in total. The van der Waals surface area contributed by atoms with E-state index in [4.69, 9.17) is 4.74 Å². The van der Waals surface area contributed by atoms with Crippen LogP contribution in [0.5, 0.6) is 5.75 Å². The van der Waals surface area contributed by atoms with Gasteiger partial charge in [0.25, 0.3) is 0 Å². The standard InChI is InChI=1S/C27H38N4O5S/c1-20(2)29-26(33)31-13-11-27(12-14-31)18-30(3)17-23(32)16-28-37(34,35)25-10-9-22(15-24(25)36-19-27)21-7-5-4-6-8-21/h4-10,15,20,23,28,32H,11-14,16-19H2,1-3H3,(H,29,33). The Kier molecular flexibility index (Phi) is 8.42. The van der Waals surface area contributed by atoms with Crippen molar-refractivity contribution in [2.45, 2.75) is 43.7 Å². The average molecular weight is 531 g/mol. The second-order valence-corrected chi connectivity index (χ2v) is 12.3. The van der Waals surface area contributed by atoms with Crippen LogP contribution in [-0.2, 0) is 10.0 Å². The Morgan fingerprint density at radius 1 is 1.14 bits per heavy atom. The van der Waals surface area contributed by atoms with Gasteiger partial charge >= 0.3 is 6.03 Å². The van der Waals surface area contributed by atoms with Crippen LogP contribution in [0.1, 0.15) is 26.7 Å².